The van der Waals surface area contributed by atoms with E-state index >= 15 is 0 Å². The first kappa shape index (κ1) is 13.5. The summed E-state index contributed by atoms with van der Waals surface area (Å²) < 4.78 is 12.1. The summed E-state index contributed by atoms with van der Waals surface area (Å²) in [5, 5.41) is 1.62. The van der Waals surface area contributed by atoms with Crippen molar-refractivity contribution in [2.24, 2.45) is 0 Å². The molecule has 1 atom stereocenters. The van der Waals surface area contributed by atoms with Crippen molar-refractivity contribution in [2.75, 3.05) is 0 Å². The lowest BCUT2D eigenvalue weighted by Crippen LogP contribution is -1.85. The smallest absolute Gasteiger partial charge is 0.0854 e. The van der Waals surface area contributed by atoms with Gasteiger partial charge in [0.2, 0.25) is 0 Å². The Morgan fingerprint density at radius 2 is 1.68 bits per heavy atom. The van der Waals surface area contributed by atoms with Gasteiger partial charge in [-0.2, -0.15) is 0 Å². The first-order chi connectivity index (χ1) is 9.16. The van der Waals surface area contributed by atoms with Crippen LogP contribution in [0.5, 0.6) is 0 Å². The van der Waals surface area contributed by atoms with E-state index in [0.717, 1.165) is 16.0 Å². The number of hydrogen-bond acceptors (Lipinski definition) is 1. The molecule has 1 nitrogen and oxygen atoms in total. The van der Waals surface area contributed by atoms with Crippen LogP contribution >= 0.6 is 0 Å². The highest BCUT2D eigenvalue weighted by Crippen LogP contribution is 2.13. The Hall–Kier alpha value is -1.89. The van der Waals surface area contributed by atoms with Crippen LogP contribution in [0.25, 0.3) is 5.57 Å². The van der Waals surface area contributed by atoms with E-state index in [2.05, 4.69) is 5.73 Å². The quantitative estimate of drug-likeness (QED) is 0.758. The molecular formula is C17H16OS. The minimum atomic E-state index is -1.14. The molecule has 96 valence electrons. The molecular weight excluding hydrogens is 252 g/mol. The van der Waals surface area contributed by atoms with Gasteiger partial charge in [-0.25, -0.2) is 4.21 Å². The Bertz CT molecular complexity index is 633. The number of rotatable bonds is 3. The van der Waals surface area contributed by atoms with E-state index in [4.69, 9.17) is 0 Å². The zero-order valence-corrected chi connectivity index (χ0v) is 11.9. The zero-order valence-electron chi connectivity index (χ0n) is 11.1. The zero-order chi connectivity index (χ0) is 13.7. The van der Waals surface area contributed by atoms with E-state index in [1.54, 1.807) is 5.41 Å². The van der Waals surface area contributed by atoms with Crippen molar-refractivity contribution in [3.05, 3.63) is 76.9 Å². The number of benzene rings is 2. The van der Waals surface area contributed by atoms with E-state index in [-0.39, 0.29) is 0 Å². The molecule has 0 radical (unpaired) electrons. The Kier molecular flexibility index (Phi) is 4.51. The molecule has 0 spiro atoms. The van der Waals surface area contributed by atoms with Gasteiger partial charge in [-0.3, -0.25) is 0 Å². The fourth-order valence-corrected chi connectivity index (χ4v) is 2.48. The molecule has 19 heavy (non-hydrogen) atoms. The highest BCUT2D eigenvalue weighted by atomic mass is 32.2. The lowest BCUT2D eigenvalue weighted by atomic mass is 10.1. The minimum absolute atomic E-state index is 0.805. The van der Waals surface area contributed by atoms with Crippen molar-refractivity contribution in [2.45, 2.75) is 18.7 Å². The molecule has 0 aromatic heterocycles. The maximum Gasteiger partial charge on any atom is 0.0854 e. The monoisotopic (exact) mass is 268 g/mol. The van der Waals surface area contributed by atoms with Crippen molar-refractivity contribution >= 4 is 16.4 Å². The first-order valence-electron chi connectivity index (χ1n) is 6.13. The molecule has 0 aliphatic carbocycles. The molecule has 0 heterocycles. The van der Waals surface area contributed by atoms with Crippen LogP contribution in [0.4, 0.5) is 0 Å². The van der Waals surface area contributed by atoms with Gasteiger partial charge in [-0.05, 0) is 37.1 Å². The Morgan fingerprint density at radius 3 is 2.32 bits per heavy atom. The third-order valence-electron chi connectivity index (χ3n) is 2.84. The van der Waals surface area contributed by atoms with Crippen LogP contribution in [-0.4, -0.2) is 4.21 Å². The molecule has 2 heteroatoms. The van der Waals surface area contributed by atoms with Crippen molar-refractivity contribution in [3.8, 4) is 0 Å². The van der Waals surface area contributed by atoms with Crippen LogP contribution in [0.3, 0.4) is 0 Å². The average Bonchev–Trinajstić information content (AvgIpc) is 2.46. The fraction of sp³-hybridized carbons (Fsp3) is 0.118. The summed E-state index contributed by atoms with van der Waals surface area (Å²) in [7, 11) is -1.14. The van der Waals surface area contributed by atoms with E-state index < -0.39 is 10.8 Å². The Balaban J connectivity index is 2.22. The van der Waals surface area contributed by atoms with Crippen LogP contribution in [0, 0.1) is 6.92 Å². The van der Waals surface area contributed by atoms with Gasteiger partial charge in [0.15, 0.2) is 0 Å². The number of aryl methyl sites for hydroxylation is 1. The Labute approximate surface area is 116 Å². The highest BCUT2D eigenvalue weighted by Gasteiger charge is 1.98. The summed E-state index contributed by atoms with van der Waals surface area (Å²) in [6.07, 6.45) is 0. The predicted octanol–water partition coefficient (Wildman–Crippen LogP) is 4.32. The SMILES string of the molecule is CC(=C=C[S@@](=O)c1ccc(C)cc1)c1ccccc1. The minimum Gasteiger partial charge on any atom is -0.249 e. The van der Waals surface area contributed by atoms with Crippen LogP contribution in [0.1, 0.15) is 18.1 Å². The number of hydrogen-bond donors (Lipinski definition) is 0. The predicted molar refractivity (Wildman–Crippen MR) is 81.2 cm³/mol. The van der Waals surface area contributed by atoms with Crippen molar-refractivity contribution < 1.29 is 4.21 Å². The second kappa shape index (κ2) is 6.33. The summed E-state index contributed by atoms with van der Waals surface area (Å²) in [4.78, 5) is 0.805. The third kappa shape index (κ3) is 3.78. The van der Waals surface area contributed by atoms with Gasteiger partial charge in [0.1, 0.15) is 0 Å². The molecule has 0 saturated heterocycles. The lowest BCUT2D eigenvalue weighted by molar-refractivity contribution is 0.688. The largest absolute Gasteiger partial charge is 0.249 e. The van der Waals surface area contributed by atoms with Gasteiger partial charge >= 0.3 is 0 Å². The van der Waals surface area contributed by atoms with E-state index in [9.17, 15) is 4.21 Å². The van der Waals surface area contributed by atoms with Crippen LogP contribution in [-0.2, 0) is 10.8 Å². The van der Waals surface area contributed by atoms with Gasteiger partial charge < -0.3 is 0 Å². The summed E-state index contributed by atoms with van der Waals surface area (Å²) in [6.45, 7) is 3.99. The molecule has 0 unspecified atom stereocenters. The molecule has 2 aromatic rings. The van der Waals surface area contributed by atoms with Gasteiger partial charge in [0.25, 0.3) is 0 Å². The van der Waals surface area contributed by atoms with Gasteiger partial charge in [0.05, 0.1) is 10.8 Å². The van der Waals surface area contributed by atoms with Crippen LogP contribution in [0.2, 0.25) is 0 Å². The number of allylic oxidation sites excluding steroid dienone is 1. The Morgan fingerprint density at radius 1 is 1.05 bits per heavy atom. The average molecular weight is 268 g/mol. The molecule has 2 aromatic carbocycles. The second-order valence-electron chi connectivity index (χ2n) is 4.36. The molecule has 0 N–H and O–H groups in total. The summed E-state index contributed by atoms with van der Waals surface area (Å²) >= 11 is 0. The van der Waals surface area contributed by atoms with E-state index in [0.29, 0.717) is 0 Å². The van der Waals surface area contributed by atoms with E-state index in [1.807, 2.05) is 68.4 Å². The normalized spacial score (nSPS) is 11.5. The lowest BCUT2D eigenvalue weighted by Gasteiger charge is -1.98. The van der Waals surface area contributed by atoms with Crippen molar-refractivity contribution in [1.82, 2.24) is 0 Å². The molecule has 0 aliphatic rings. The molecule has 0 saturated carbocycles. The first-order valence-corrected chi connectivity index (χ1v) is 7.34. The maximum atomic E-state index is 12.1. The van der Waals surface area contributed by atoms with E-state index in [1.165, 1.54) is 5.56 Å². The summed E-state index contributed by atoms with van der Waals surface area (Å²) in [6, 6.07) is 17.7. The standard InChI is InChI=1S/C17H16OS/c1-14-8-10-17(11-9-14)19(18)13-12-15(2)16-6-4-3-5-7-16/h3-11,13H,1-2H3/t12?,19-/m1/s1. The van der Waals surface area contributed by atoms with Gasteiger partial charge in [0, 0.05) is 10.3 Å². The van der Waals surface area contributed by atoms with Gasteiger partial charge in [-0.15, -0.1) is 5.73 Å². The van der Waals surface area contributed by atoms with Crippen LogP contribution < -0.4 is 0 Å². The molecule has 0 fully saturated rings. The maximum absolute atomic E-state index is 12.1. The third-order valence-corrected chi connectivity index (χ3v) is 3.91. The highest BCUT2D eigenvalue weighted by molar-refractivity contribution is 7.88. The molecule has 0 aliphatic heterocycles. The van der Waals surface area contributed by atoms with Gasteiger partial charge in [-0.1, -0.05) is 48.0 Å². The summed E-state index contributed by atoms with van der Waals surface area (Å²) in [5.74, 6) is 0. The summed E-state index contributed by atoms with van der Waals surface area (Å²) in [5.41, 5.74) is 6.35. The van der Waals surface area contributed by atoms with Crippen molar-refractivity contribution in [1.29, 1.82) is 0 Å². The van der Waals surface area contributed by atoms with Crippen LogP contribution in [0.15, 0.2) is 70.6 Å². The fourth-order valence-electron chi connectivity index (χ4n) is 1.65. The molecule has 0 bridgehead atoms. The molecule has 0 amide bonds. The molecule has 2 rings (SSSR count). The second-order valence-corrected chi connectivity index (χ2v) is 5.67. The topological polar surface area (TPSA) is 17.1 Å². The van der Waals surface area contributed by atoms with Crippen molar-refractivity contribution in [3.63, 3.8) is 0 Å².